The number of sulfonamides is 1. The van der Waals surface area contributed by atoms with Gasteiger partial charge in [0.2, 0.25) is 10.0 Å². The Hall–Kier alpha value is -2.65. The molecule has 8 nitrogen and oxygen atoms in total. The molecule has 1 amide bonds. The normalized spacial score (nSPS) is 15.4. The van der Waals surface area contributed by atoms with Gasteiger partial charge < -0.3 is 14.2 Å². The molecule has 1 aliphatic rings. The van der Waals surface area contributed by atoms with E-state index in [4.69, 9.17) is 4.74 Å². The van der Waals surface area contributed by atoms with Gasteiger partial charge >= 0.3 is 5.97 Å². The molecule has 3 rings (SSSR count). The Balaban J connectivity index is 1.53. The molecule has 2 heterocycles. The summed E-state index contributed by atoms with van der Waals surface area (Å²) in [6, 6.07) is 10.0. The van der Waals surface area contributed by atoms with Crippen LogP contribution in [0.4, 0.5) is 0 Å². The van der Waals surface area contributed by atoms with Crippen LogP contribution in [0.1, 0.15) is 16.1 Å². The van der Waals surface area contributed by atoms with Crippen LogP contribution in [0.2, 0.25) is 0 Å². The van der Waals surface area contributed by atoms with Crippen LogP contribution < -0.4 is 0 Å². The number of piperazine rings is 1. The maximum Gasteiger partial charge on any atom is 0.355 e. The molecule has 1 saturated heterocycles. The summed E-state index contributed by atoms with van der Waals surface area (Å²) in [7, 11) is -1.87. The Morgan fingerprint density at radius 3 is 2.25 bits per heavy atom. The predicted molar refractivity (Wildman–Crippen MR) is 102 cm³/mol. The molecule has 1 aromatic carbocycles. The minimum atomic E-state index is -3.58. The van der Waals surface area contributed by atoms with Crippen LogP contribution >= 0.6 is 0 Å². The number of hydrogen-bond donors (Lipinski definition) is 0. The molecule has 2 aromatic rings. The Kier molecular flexibility index (Phi) is 5.85. The molecule has 0 saturated carbocycles. The highest BCUT2D eigenvalue weighted by molar-refractivity contribution is 7.89. The lowest BCUT2D eigenvalue weighted by Gasteiger charge is -2.33. The number of hydrogen-bond acceptors (Lipinski definition) is 5. The summed E-state index contributed by atoms with van der Waals surface area (Å²) in [6.45, 7) is 2.44. The lowest BCUT2D eigenvalue weighted by molar-refractivity contribution is -0.135. The fourth-order valence-corrected chi connectivity index (χ4v) is 4.43. The number of carbonyl (C=O) groups is 2. The highest BCUT2D eigenvalue weighted by Gasteiger charge is 2.30. The molecule has 0 atom stereocenters. The molecule has 28 heavy (non-hydrogen) atoms. The number of nitrogens with zero attached hydrogens (tertiary/aromatic N) is 3. The van der Waals surface area contributed by atoms with Crippen molar-refractivity contribution < 1.29 is 22.7 Å². The number of aryl methyl sites for hydroxylation is 2. The van der Waals surface area contributed by atoms with Gasteiger partial charge in [-0.15, -0.1) is 0 Å². The van der Waals surface area contributed by atoms with Gasteiger partial charge in [-0.2, -0.15) is 4.31 Å². The third-order valence-electron chi connectivity index (χ3n) is 4.73. The Morgan fingerprint density at radius 2 is 1.68 bits per heavy atom. The SMILES string of the molecule is Cc1ccc(S(=O)(=O)N2CCN(C(=O)COC(=O)c3cccn3C)CC2)cc1. The van der Waals surface area contributed by atoms with E-state index in [2.05, 4.69) is 0 Å². The van der Waals surface area contributed by atoms with E-state index in [1.54, 1.807) is 54.2 Å². The predicted octanol–water partition coefficient (Wildman–Crippen LogP) is 1.02. The van der Waals surface area contributed by atoms with Gasteiger partial charge in [0.1, 0.15) is 5.69 Å². The van der Waals surface area contributed by atoms with Gasteiger partial charge in [0.15, 0.2) is 6.61 Å². The van der Waals surface area contributed by atoms with E-state index in [0.29, 0.717) is 5.69 Å². The first-order valence-electron chi connectivity index (χ1n) is 8.92. The summed E-state index contributed by atoms with van der Waals surface area (Å²) in [6.07, 6.45) is 1.71. The standard InChI is InChI=1S/C19H23N3O5S/c1-15-5-7-16(8-6-15)28(25,26)22-12-10-21(11-13-22)18(23)14-27-19(24)17-4-3-9-20(17)2/h3-9H,10-14H2,1-2H3. The van der Waals surface area contributed by atoms with Crippen molar-refractivity contribution in [3.63, 3.8) is 0 Å². The molecule has 1 aromatic heterocycles. The van der Waals surface area contributed by atoms with Crippen molar-refractivity contribution in [2.45, 2.75) is 11.8 Å². The highest BCUT2D eigenvalue weighted by atomic mass is 32.2. The summed E-state index contributed by atoms with van der Waals surface area (Å²) in [5.74, 6) is -0.906. The molecule has 9 heteroatoms. The van der Waals surface area contributed by atoms with Gasteiger partial charge in [-0.3, -0.25) is 4.79 Å². The number of rotatable bonds is 5. The Morgan fingerprint density at radius 1 is 1.04 bits per heavy atom. The number of benzene rings is 1. The third kappa shape index (κ3) is 4.26. The van der Waals surface area contributed by atoms with Crippen molar-refractivity contribution in [2.24, 2.45) is 7.05 Å². The smallest absolute Gasteiger partial charge is 0.355 e. The Bertz CT molecular complexity index is 958. The lowest BCUT2D eigenvalue weighted by atomic mass is 10.2. The van der Waals surface area contributed by atoms with E-state index in [9.17, 15) is 18.0 Å². The van der Waals surface area contributed by atoms with E-state index in [1.807, 2.05) is 6.92 Å². The van der Waals surface area contributed by atoms with Crippen LogP contribution in [0.25, 0.3) is 0 Å². The van der Waals surface area contributed by atoms with Gasteiger partial charge in [-0.05, 0) is 31.2 Å². The minimum Gasteiger partial charge on any atom is -0.451 e. The fourth-order valence-electron chi connectivity index (χ4n) is 3.00. The van der Waals surface area contributed by atoms with Crippen molar-refractivity contribution in [2.75, 3.05) is 32.8 Å². The van der Waals surface area contributed by atoms with E-state index < -0.39 is 16.0 Å². The fraction of sp³-hybridized carbons (Fsp3) is 0.368. The molecule has 1 fully saturated rings. The molecule has 0 spiro atoms. The van der Waals surface area contributed by atoms with E-state index >= 15 is 0 Å². The Labute approximate surface area is 164 Å². The molecular formula is C19H23N3O5S. The molecule has 0 aliphatic carbocycles. The van der Waals surface area contributed by atoms with Crippen LogP contribution in [-0.2, 0) is 26.6 Å². The number of ether oxygens (including phenoxy) is 1. The van der Waals surface area contributed by atoms with Crippen LogP contribution in [0.5, 0.6) is 0 Å². The average molecular weight is 405 g/mol. The van der Waals surface area contributed by atoms with Crippen LogP contribution in [0.15, 0.2) is 47.5 Å². The third-order valence-corrected chi connectivity index (χ3v) is 6.64. The number of aromatic nitrogens is 1. The maximum absolute atomic E-state index is 12.7. The van der Waals surface area contributed by atoms with Crippen molar-refractivity contribution >= 4 is 21.9 Å². The maximum atomic E-state index is 12.7. The number of amides is 1. The largest absolute Gasteiger partial charge is 0.451 e. The average Bonchev–Trinajstić information content (AvgIpc) is 3.12. The molecule has 0 bridgehead atoms. The van der Waals surface area contributed by atoms with E-state index in [1.165, 1.54) is 9.21 Å². The molecule has 1 aliphatic heterocycles. The zero-order valence-corrected chi connectivity index (χ0v) is 16.7. The molecule has 0 unspecified atom stereocenters. The van der Waals surface area contributed by atoms with Gasteiger partial charge in [0.05, 0.1) is 4.90 Å². The summed E-state index contributed by atoms with van der Waals surface area (Å²) < 4.78 is 33.5. The zero-order chi connectivity index (χ0) is 20.3. The van der Waals surface area contributed by atoms with Gasteiger partial charge in [0.25, 0.3) is 5.91 Å². The highest BCUT2D eigenvalue weighted by Crippen LogP contribution is 2.18. The van der Waals surface area contributed by atoms with Crippen LogP contribution in [0.3, 0.4) is 0 Å². The quantitative estimate of drug-likeness (QED) is 0.693. The van der Waals surface area contributed by atoms with E-state index in [-0.39, 0.29) is 43.6 Å². The van der Waals surface area contributed by atoms with Crippen molar-refractivity contribution in [1.82, 2.24) is 13.8 Å². The van der Waals surface area contributed by atoms with Crippen molar-refractivity contribution in [3.8, 4) is 0 Å². The second kappa shape index (κ2) is 8.15. The van der Waals surface area contributed by atoms with Crippen LogP contribution in [-0.4, -0.2) is 66.9 Å². The second-order valence-electron chi connectivity index (χ2n) is 6.68. The molecule has 150 valence electrons. The van der Waals surface area contributed by atoms with Gasteiger partial charge in [-0.25, -0.2) is 13.2 Å². The second-order valence-corrected chi connectivity index (χ2v) is 8.62. The van der Waals surface area contributed by atoms with Crippen molar-refractivity contribution in [1.29, 1.82) is 0 Å². The first-order chi connectivity index (χ1) is 13.3. The first-order valence-corrected chi connectivity index (χ1v) is 10.4. The summed E-state index contributed by atoms with van der Waals surface area (Å²) >= 11 is 0. The van der Waals surface area contributed by atoms with Crippen LogP contribution in [0, 0.1) is 6.92 Å². The number of carbonyl (C=O) groups excluding carboxylic acids is 2. The van der Waals surface area contributed by atoms with Gasteiger partial charge in [-0.1, -0.05) is 17.7 Å². The minimum absolute atomic E-state index is 0.202. The van der Waals surface area contributed by atoms with Crippen molar-refractivity contribution in [3.05, 3.63) is 53.9 Å². The zero-order valence-electron chi connectivity index (χ0n) is 15.9. The molecular weight excluding hydrogens is 382 g/mol. The summed E-state index contributed by atoms with van der Waals surface area (Å²) in [4.78, 5) is 26.0. The number of esters is 1. The molecule has 0 radical (unpaired) electrons. The summed E-state index contributed by atoms with van der Waals surface area (Å²) in [5.41, 5.74) is 1.35. The lowest BCUT2D eigenvalue weighted by Crippen LogP contribution is -2.51. The summed E-state index contributed by atoms with van der Waals surface area (Å²) in [5, 5.41) is 0. The first kappa shape index (κ1) is 20.1. The van der Waals surface area contributed by atoms with E-state index in [0.717, 1.165) is 5.56 Å². The molecule has 0 N–H and O–H groups in total. The topological polar surface area (TPSA) is 88.9 Å². The van der Waals surface area contributed by atoms with Gasteiger partial charge in [0, 0.05) is 39.4 Å². The monoisotopic (exact) mass is 405 g/mol.